The molecule has 1 unspecified atom stereocenters. The van der Waals surface area contributed by atoms with Crippen molar-refractivity contribution < 1.29 is 13.2 Å². The van der Waals surface area contributed by atoms with Crippen LogP contribution < -0.4 is 5.32 Å². The Morgan fingerprint density at radius 2 is 1.95 bits per heavy atom. The second kappa shape index (κ2) is 6.34. The number of sulfonamides is 1. The van der Waals surface area contributed by atoms with Gasteiger partial charge in [-0.15, -0.1) is 0 Å². The third kappa shape index (κ3) is 3.75. The molecule has 2 rings (SSSR count). The highest BCUT2D eigenvalue weighted by atomic mass is 35.5. The molecule has 1 aromatic carbocycles. The van der Waals surface area contributed by atoms with Gasteiger partial charge in [0, 0.05) is 18.1 Å². The number of hydrogen-bond donors (Lipinski definition) is 1. The van der Waals surface area contributed by atoms with Gasteiger partial charge in [-0.2, -0.15) is 4.31 Å². The number of carbonyl (C=O) groups excluding carboxylic acids is 1. The number of amides is 1. The van der Waals surface area contributed by atoms with E-state index in [9.17, 15) is 13.2 Å². The number of carbonyl (C=O) groups is 1. The summed E-state index contributed by atoms with van der Waals surface area (Å²) < 4.78 is 26.6. The van der Waals surface area contributed by atoms with Crippen molar-refractivity contribution in [1.29, 1.82) is 0 Å². The van der Waals surface area contributed by atoms with Crippen LogP contribution in [0.25, 0.3) is 0 Å². The molecule has 7 heteroatoms. The van der Waals surface area contributed by atoms with E-state index in [0.717, 1.165) is 0 Å². The van der Waals surface area contributed by atoms with Crippen molar-refractivity contribution in [2.45, 2.75) is 25.6 Å². The van der Waals surface area contributed by atoms with Gasteiger partial charge in [-0.3, -0.25) is 4.79 Å². The van der Waals surface area contributed by atoms with Gasteiger partial charge in [-0.25, -0.2) is 8.42 Å². The first-order chi connectivity index (χ1) is 9.81. The van der Waals surface area contributed by atoms with Crippen LogP contribution in [0.3, 0.4) is 0 Å². The van der Waals surface area contributed by atoms with Gasteiger partial charge in [-0.1, -0.05) is 37.6 Å². The first-order valence-electron chi connectivity index (χ1n) is 6.83. The predicted molar refractivity (Wildman–Crippen MR) is 82.4 cm³/mol. The number of nitrogens with one attached hydrogen (secondary N) is 1. The van der Waals surface area contributed by atoms with E-state index in [4.69, 9.17) is 11.6 Å². The highest BCUT2D eigenvalue weighted by molar-refractivity contribution is 7.88. The summed E-state index contributed by atoms with van der Waals surface area (Å²) in [5.41, 5.74) is 0.660. The summed E-state index contributed by atoms with van der Waals surface area (Å²) >= 11 is 5.80. The second-order valence-corrected chi connectivity index (χ2v) is 7.83. The molecule has 21 heavy (non-hydrogen) atoms. The Hall–Kier alpha value is -1.11. The topological polar surface area (TPSA) is 66.5 Å². The SMILES string of the molecule is CC(C)C1C(=O)NCCN1S(=O)(=O)Cc1ccc(Cl)cc1. The van der Waals surface area contributed by atoms with Crippen molar-refractivity contribution in [3.8, 4) is 0 Å². The van der Waals surface area contributed by atoms with Crippen molar-refractivity contribution >= 4 is 27.5 Å². The normalized spacial score (nSPS) is 20.6. The van der Waals surface area contributed by atoms with Crippen LogP contribution in [0.1, 0.15) is 19.4 Å². The van der Waals surface area contributed by atoms with Crippen LogP contribution in [-0.2, 0) is 20.6 Å². The minimum atomic E-state index is -3.55. The van der Waals surface area contributed by atoms with E-state index >= 15 is 0 Å². The maximum absolute atomic E-state index is 12.6. The Balaban J connectivity index is 2.24. The van der Waals surface area contributed by atoms with Crippen LogP contribution >= 0.6 is 11.6 Å². The van der Waals surface area contributed by atoms with Gasteiger partial charge in [-0.05, 0) is 23.6 Å². The minimum absolute atomic E-state index is 0.0784. The third-order valence-electron chi connectivity index (χ3n) is 3.46. The van der Waals surface area contributed by atoms with Gasteiger partial charge in [0.1, 0.15) is 6.04 Å². The monoisotopic (exact) mass is 330 g/mol. The van der Waals surface area contributed by atoms with Gasteiger partial charge in [0.25, 0.3) is 0 Å². The number of rotatable bonds is 4. The lowest BCUT2D eigenvalue weighted by Gasteiger charge is -2.36. The van der Waals surface area contributed by atoms with Gasteiger partial charge in [0.15, 0.2) is 0 Å². The first kappa shape index (κ1) is 16.3. The van der Waals surface area contributed by atoms with Crippen LogP contribution in [-0.4, -0.2) is 37.8 Å². The molecule has 1 heterocycles. The third-order valence-corrected chi connectivity index (χ3v) is 5.54. The van der Waals surface area contributed by atoms with E-state index in [1.807, 2.05) is 13.8 Å². The lowest BCUT2D eigenvalue weighted by Crippen LogP contribution is -2.59. The highest BCUT2D eigenvalue weighted by Crippen LogP contribution is 2.21. The Morgan fingerprint density at radius 3 is 2.52 bits per heavy atom. The fraction of sp³-hybridized carbons (Fsp3) is 0.500. The predicted octanol–water partition coefficient (Wildman–Crippen LogP) is 1.63. The van der Waals surface area contributed by atoms with E-state index in [1.54, 1.807) is 24.3 Å². The summed E-state index contributed by atoms with van der Waals surface area (Å²) in [6.45, 7) is 4.35. The van der Waals surface area contributed by atoms with Crippen LogP contribution in [0.15, 0.2) is 24.3 Å². The van der Waals surface area contributed by atoms with E-state index in [-0.39, 0.29) is 17.6 Å². The minimum Gasteiger partial charge on any atom is -0.353 e. The maximum atomic E-state index is 12.6. The summed E-state index contributed by atoms with van der Waals surface area (Å²) in [7, 11) is -3.55. The quantitative estimate of drug-likeness (QED) is 0.912. The summed E-state index contributed by atoms with van der Waals surface area (Å²) in [6, 6.07) is 6.06. The molecule has 5 nitrogen and oxygen atoms in total. The second-order valence-electron chi connectivity index (χ2n) is 5.47. The molecule has 1 aliphatic rings. The molecule has 1 N–H and O–H groups in total. The average molecular weight is 331 g/mol. The number of benzene rings is 1. The van der Waals surface area contributed by atoms with Crippen molar-refractivity contribution in [3.05, 3.63) is 34.9 Å². The van der Waals surface area contributed by atoms with Gasteiger partial charge in [0.05, 0.1) is 5.75 Å². The number of piperazine rings is 1. The standard InChI is InChI=1S/C14H19ClN2O3S/c1-10(2)13-14(18)16-7-8-17(13)21(19,20)9-11-3-5-12(15)6-4-11/h3-6,10,13H,7-9H2,1-2H3,(H,16,18). The Labute approximate surface area is 130 Å². The van der Waals surface area contributed by atoms with E-state index in [0.29, 0.717) is 23.7 Å². The van der Waals surface area contributed by atoms with Crippen LogP contribution in [0, 0.1) is 5.92 Å². The number of nitrogens with zero attached hydrogens (tertiary/aromatic N) is 1. The molecule has 1 atom stereocenters. The lowest BCUT2D eigenvalue weighted by molar-refractivity contribution is -0.128. The zero-order valence-corrected chi connectivity index (χ0v) is 13.6. The Bertz CT molecular complexity index is 614. The zero-order valence-electron chi connectivity index (χ0n) is 12.0. The van der Waals surface area contributed by atoms with Crippen LogP contribution in [0.5, 0.6) is 0 Å². The number of halogens is 1. The Morgan fingerprint density at radius 1 is 1.33 bits per heavy atom. The van der Waals surface area contributed by atoms with Crippen molar-refractivity contribution in [3.63, 3.8) is 0 Å². The molecule has 116 valence electrons. The molecule has 1 amide bonds. The fourth-order valence-electron chi connectivity index (χ4n) is 2.49. The summed E-state index contributed by atoms with van der Waals surface area (Å²) in [6.07, 6.45) is 0. The molecular formula is C14H19ClN2O3S. The van der Waals surface area contributed by atoms with E-state index < -0.39 is 16.1 Å². The van der Waals surface area contributed by atoms with Crippen molar-refractivity contribution in [2.75, 3.05) is 13.1 Å². The molecule has 1 fully saturated rings. The van der Waals surface area contributed by atoms with Gasteiger partial charge >= 0.3 is 0 Å². The van der Waals surface area contributed by atoms with E-state index in [1.165, 1.54) is 4.31 Å². The Kier molecular flexibility index (Phi) is 4.91. The molecule has 1 aliphatic heterocycles. The molecule has 0 aliphatic carbocycles. The number of hydrogen-bond acceptors (Lipinski definition) is 3. The molecule has 1 aromatic rings. The van der Waals surface area contributed by atoms with Gasteiger partial charge < -0.3 is 5.32 Å². The maximum Gasteiger partial charge on any atom is 0.238 e. The highest BCUT2D eigenvalue weighted by Gasteiger charge is 2.39. The molecule has 1 saturated heterocycles. The fourth-order valence-corrected chi connectivity index (χ4v) is 4.45. The van der Waals surface area contributed by atoms with Crippen LogP contribution in [0.4, 0.5) is 0 Å². The van der Waals surface area contributed by atoms with Crippen molar-refractivity contribution in [1.82, 2.24) is 9.62 Å². The van der Waals surface area contributed by atoms with Crippen molar-refractivity contribution in [2.24, 2.45) is 5.92 Å². The van der Waals surface area contributed by atoms with E-state index in [2.05, 4.69) is 5.32 Å². The van der Waals surface area contributed by atoms with Gasteiger partial charge in [0.2, 0.25) is 15.9 Å². The molecule has 0 spiro atoms. The molecule has 0 saturated carbocycles. The molecule has 0 bridgehead atoms. The summed E-state index contributed by atoms with van der Waals surface area (Å²) in [5.74, 6) is -0.429. The molecular weight excluding hydrogens is 312 g/mol. The average Bonchev–Trinajstić information content (AvgIpc) is 2.40. The zero-order chi connectivity index (χ0) is 15.6. The smallest absolute Gasteiger partial charge is 0.238 e. The first-order valence-corrected chi connectivity index (χ1v) is 8.81. The molecule has 0 radical (unpaired) electrons. The largest absolute Gasteiger partial charge is 0.353 e. The summed E-state index contributed by atoms with van der Waals surface area (Å²) in [5, 5.41) is 3.29. The molecule has 0 aromatic heterocycles. The summed E-state index contributed by atoms with van der Waals surface area (Å²) in [4.78, 5) is 12.0. The van der Waals surface area contributed by atoms with Crippen LogP contribution in [0.2, 0.25) is 5.02 Å². The lowest BCUT2D eigenvalue weighted by atomic mass is 10.0.